The molecule has 10 aromatic carbocycles. The van der Waals surface area contributed by atoms with Crippen LogP contribution in [0.2, 0.25) is 0 Å². The summed E-state index contributed by atoms with van der Waals surface area (Å²) in [7, 11) is 0. The van der Waals surface area contributed by atoms with Gasteiger partial charge in [-0.3, -0.25) is 0 Å². The summed E-state index contributed by atoms with van der Waals surface area (Å²) in [5, 5.41) is 2.65. The van der Waals surface area contributed by atoms with Crippen molar-refractivity contribution in [1.82, 2.24) is 0 Å². The lowest BCUT2D eigenvalue weighted by molar-refractivity contribution is 0.602. The zero-order chi connectivity index (χ0) is 49.1. The Morgan fingerprint density at radius 2 is 0.528 bits per heavy atom. The van der Waals surface area contributed by atoms with Gasteiger partial charge in [-0.25, -0.2) is 0 Å². The molecule has 10 aromatic rings. The van der Waals surface area contributed by atoms with Crippen LogP contribution in [-0.4, -0.2) is 0 Å². The minimum atomic E-state index is -0.300. The fraction of sp³-hybridized carbons (Fsp3) is 0.171. The van der Waals surface area contributed by atoms with Gasteiger partial charge in [0.15, 0.2) is 0 Å². The van der Waals surface area contributed by atoms with E-state index in [1.54, 1.807) is 0 Å². The third-order valence-electron chi connectivity index (χ3n) is 17.6. The van der Waals surface area contributed by atoms with Crippen LogP contribution in [-0.2, 0) is 21.7 Å². The summed E-state index contributed by atoms with van der Waals surface area (Å²) in [4.78, 5) is 4.95. The summed E-state index contributed by atoms with van der Waals surface area (Å²) >= 11 is 0. The Bertz CT molecular complexity index is 3670. The normalized spacial score (nSPS) is 15.9. The minimum absolute atomic E-state index is 0.107. The van der Waals surface area contributed by atoms with Gasteiger partial charge in [0.25, 0.3) is 0 Å². The summed E-state index contributed by atoms with van der Waals surface area (Å²) in [6.07, 6.45) is 0. The van der Waals surface area contributed by atoms with Crippen LogP contribution in [0.4, 0.5) is 34.1 Å². The van der Waals surface area contributed by atoms with Gasteiger partial charge in [0.1, 0.15) is 0 Å². The van der Waals surface area contributed by atoms with Gasteiger partial charge in [-0.05, 0) is 173 Å². The van der Waals surface area contributed by atoms with E-state index in [9.17, 15) is 0 Å². The average Bonchev–Trinajstić information content (AvgIpc) is 3.97. The number of hydrogen-bond acceptors (Lipinski definition) is 2. The van der Waals surface area contributed by atoms with E-state index in [1.165, 1.54) is 123 Å². The molecule has 2 nitrogen and oxygen atoms in total. The summed E-state index contributed by atoms with van der Waals surface area (Å²) in [5.74, 6) is 0. The standard InChI is InChI=1S/C70H58N2/c1-67(2)57-29-19-17-25-49(57)51-35-31-45(39-59(51)67)71(43-21-11-9-12-22-43)47-33-37-55-61(41-47)69(5,6)65-63(55)53-27-15-16-28-54(53)64-56-38-34-48(42-62(56)70(7,8)66(64)65)72(44-23-13-10-14-24-44)46-32-36-52-50-26-18-20-30-58(50)68(3,4)60(52)40-46/h9-42H,1-8H3. The maximum absolute atomic E-state index is 2.51. The van der Waals surface area contributed by atoms with Gasteiger partial charge < -0.3 is 9.80 Å². The first-order valence-corrected chi connectivity index (χ1v) is 25.8. The number of fused-ring (bicyclic) bond motifs is 16. The molecule has 0 radical (unpaired) electrons. The molecule has 0 atom stereocenters. The molecule has 72 heavy (non-hydrogen) atoms. The van der Waals surface area contributed by atoms with Crippen LogP contribution in [0.5, 0.6) is 0 Å². The molecular formula is C70H58N2. The van der Waals surface area contributed by atoms with Gasteiger partial charge in [0.05, 0.1) is 0 Å². The van der Waals surface area contributed by atoms with E-state index in [-0.39, 0.29) is 21.7 Å². The predicted octanol–water partition coefficient (Wildman–Crippen LogP) is 19.0. The van der Waals surface area contributed by atoms with Crippen LogP contribution in [0.3, 0.4) is 0 Å². The first-order valence-electron chi connectivity index (χ1n) is 25.8. The molecule has 0 saturated heterocycles. The van der Waals surface area contributed by atoms with Crippen LogP contribution < -0.4 is 9.80 Å². The van der Waals surface area contributed by atoms with Crippen molar-refractivity contribution in [1.29, 1.82) is 0 Å². The largest absolute Gasteiger partial charge is 0.310 e. The Labute approximate surface area is 424 Å². The lowest BCUT2D eigenvalue weighted by Gasteiger charge is -2.32. The minimum Gasteiger partial charge on any atom is -0.310 e. The summed E-state index contributed by atoms with van der Waals surface area (Å²) in [5.41, 5.74) is 28.1. The Kier molecular flexibility index (Phi) is 8.82. The quantitative estimate of drug-likeness (QED) is 0.164. The maximum atomic E-state index is 2.51. The van der Waals surface area contributed by atoms with Crippen LogP contribution in [0.15, 0.2) is 206 Å². The third kappa shape index (κ3) is 5.72. The van der Waals surface area contributed by atoms with Crippen LogP contribution >= 0.6 is 0 Å². The molecule has 0 saturated carbocycles. The second-order valence-corrected chi connectivity index (χ2v) is 22.9. The molecule has 0 bridgehead atoms. The number of benzene rings is 10. The molecule has 348 valence electrons. The number of hydrogen-bond donors (Lipinski definition) is 0. The van der Waals surface area contributed by atoms with Crippen molar-refractivity contribution in [3.8, 4) is 44.5 Å². The zero-order valence-electron chi connectivity index (χ0n) is 42.5. The van der Waals surface area contributed by atoms with Crippen molar-refractivity contribution in [2.75, 3.05) is 9.80 Å². The topological polar surface area (TPSA) is 6.48 Å². The van der Waals surface area contributed by atoms with Gasteiger partial charge in [-0.1, -0.05) is 189 Å². The van der Waals surface area contributed by atoms with Gasteiger partial charge in [0, 0.05) is 55.8 Å². The van der Waals surface area contributed by atoms with Gasteiger partial charge in [0.2, 0.25) is 0 Å². The molecule has 0 amide bonds. The highest BCUT2D eigenvalue weighted by Crippen LogP contribution is 2.63. The van der Waals surface area contributed by atoms with E-state index in [0.29, 0.717) is 0 Å². The van der Waals surface area contributed by atoms with E-state index in [2.05, 4.69) is 271 Å². The van der Waals surface area contributed by atoms with E-state index in [0.717, 1.165) is 11.4 Å². The summed E-state index contributed by atoms with van der Waals surface area (Å²) in [6.45, 7) is 19.4. The van der Waals surface area contributed by atoms with Crippen LogP contribution in [0.1, 0.15) is 99.9 Å². The smallest absolute Gasteiger partial charge is 0.0465 e. The molecule has 4 aliphatic rings. The Balaban J connectivity index is 0.916. The van der Waals surface area contributed by atoms with Crippen LogP contribution in [0, 0.1) is 0 Å². The molecule has 14 rings (SSSR count). The van der Waals surface area contributed by atoms with E-state index in [1.807, 2.05) is 0 Å². The molecule has 4 aliphatic carbocycles. The number of rotatable bonds is 6. The second kappa shape index (κ2) is 14.8. The fourth-order valence-corrected chi connectivity index (χ4v) is 14.0. The van der Waals surface area contributed by atoms with Crippen molar-refractivity contribution < 1.29 is 0 Å². The number of para-hydroxylation sites is 2. The zero-order valence-corrected chi connectivity index (χ0v) is 42.5. The van der Waals surface area contributed by atoms with Gasteiger partial charge >= 0.3 is 0 Å². The first-order chi connectivity index (χ1) is 34.8. The summed E-state index contributed by atoms with van der Waals surface area (Å²) < 4.78 is 0. The Morgan fingerprint density at radius 1 is 0.236 bits per heavy atom. The SMILES string of the molecule is CC1(C)c2ccccc2-c2ccc(N(c3ccccc3)c3ccc4c(c3)C(C)(C)c3c5c(c6ccccc6c3-4)-c3ccc(N(c4ccccc4)c4ccc6c(c4)C(C)(C)c4ccccc4-6)cc3C5(C)C)cc21. The highest BCUT2D eigenvalue weighted by atomic mass is 15.1. The lowest BCUT2D eigenvalue weighted by Crippen LogP contribution is -2.24. The molecule has 0 fully saturated rings. The molecule has 0 heterocycles. The molecule has 0 aromatic heterocycles. The molecule has 2 heteroatoms. The maximum Gasteiger partial charge on any atom is 0.0465 e. The Morgan fingerprint density at radius 3 is 0.903 bits per heavy atom. The van der Waals surface area contributed by atoms with Crippen molar-refractivity contribution in [3.05, 3.63) is 251 Å². The first kappa shape index (κ1) is 42.9. The number of nitrogens with zero attached hydrogens (tertiary/aromatic N) is 2. The highest BCUT2D eigenvalue weighted by molar-refractivity contribution is 6.13. The van der Waals surface area contributed by atoms with Crippen molar-refractivity contribution in [3.63, 3.8) is 0 Å². The molecule has 0 aliphatic heterocycles. The fourth-order valence-electron chi connectivity index (χ4n) is 14.0. The van der Waals surface area contributed by atoms with Crippen LogP contribution in [0.25, 0.3) is 55.3 Å². The number of anilines is 6. The molecule has 0 N–H and O–H groups in total. The third-order valence-corrected chi connectivity index (χ3v) is 17.6. The Hall–Kier alpha value is -7.94. The predicted molar refractivity (Wildman–Crippen MR) is 304 cm³/mol. The average molecular weight is 927 g/mol. The van der Waals surface area contributed by atoms with E-state index >= 15 is 0 Å². The van der Waals surface area contributed by atoms with E-state index < -0.39 is 0 Å². The molecular weight excluding hydrogens is 869 g/mol. The van der Waals surface area contributed by atoms with Crippen molar-refractivity contribution in [2.45, 2.75) is 77.0 Å². The molecule has 0 spiro atoms. The monoisotopic (exact) mass is 926 g/mol. The van der Waals surface area contributed by atoms with Gasteiger partial charge in [-0.15, -0.1) is 0 Å². The van der Waals surface area contributed by atoms with Crippen molar-refractivity contribution >= 4 is 44.9 Å². The van der Waals surface area contributed by atoms with Crippen molar-refractivity contribution in [2.24, 2.45) is 0 Å². The van der Waals surface area contributed by atoms with Gasteiger partial charge in [-0.2, -0.15) is 0 Å². The molecule has 0 unspecified atom stereocenters. The lowest BCUT2D eigenvalue weighted by atomic mass is 9.71. The van der Waals surface area contributed by atoms with E-state index in [4.69, 9.17) is 0 Å². The summed E-state index contributed by atoms with van der Waals surface area (Å²) in [6, 6.07) is 77.9. The highest BCUT2D eigenvalue weighted by Gasteiger charge is 2.48. The second-order valence-electron chi connectivity index (χ2n) is 22.9.